The largest absolute Gasteiger partial charge is 0.332 e. The van der Waals surface area contributed by atoms with E-state index in [1.165, 1.54) is 9.13 Å². The number of aryl methyl sites for hydroxylation is 2. The highest BCUT2D eigenvalue weighted by molar-refractivity contribution is 6.29. The molecule has 0 N–H and O–H groups in total. The molecule has 0 amide bonds. The fourth-order valence-corrected chi connectivity index (χ4v) is 3.71. The van der Waals surface area contributed by atoms with Gasteiger partial charge in [-0.15, -0.1) is 0 Å². The van der Waals surface area contributed by atoms with Crippen LogP contribution in [0.15, 0.2) is 45.5 Å². The van der Waals surface area contributed by atoms with Gasteiger partial charge in [-0.05, 0) is 31.5 Å². The van der Waals surface area contributed by atoms with Crippen molar-refractivity contribution in [2.75, 3.05) is 0 Å². The number of imidazole rings is 1. The van der Waals surface area contributed by atoms with E-state index in [2.05, 4.69) is 10.1 Å². The summed E-state index contributed by atoms with van der Waals surface area (Å²) in [5.41, 5.74) is 2.37. The minimum absolute atomic E-state index is 0.0637. The first-order valence-corrected chi connectivity index (χ1v) is 9.57. The molecule has 0 unspecified atom stereocenters. The average Bonchev–Trinajstić information content (AvgIpc) is 3.19. The third kappa shape index (κ3) is 3.09. The van der Waals surface area contributed by atoms with Crippen LogP contribution >= 0.6 is 11.6 Å². The summed E-state index contributed by atoms with van der Waals surface area (Å²) < 4.78 is 5.91. The number of para-hydroxylation sites is 1. The molecule has 1 aromatic carbocycles. The van der Waals surface area contributed by atoms with Gasteiger partial charge in [0.2, 0.25) is 5.28 Å². The molecule has 0 radical (unpaired) electrons. The first-order chi connectivity index (χ1) is 13.8. The van der Waals surface area contributed by atoms with E-state index in [1.54, 1.807) is 16.3 Å². The van der Waals surface area contributed by atoms with Crippen molar-refractivity contribution in [3.8, 4) is 0 Å². The maximum atomic E-state index is 13.3. The first kappa shape index (κ1) is 19.2. The summed E-state index contributed by atoms with van der Waals surface area (Å²) in [4.78, 5) is 30.5. The van der Waals surface area contributed by atoms with Crippen LogP contribution in [-0.2, 0) is 27.2 Å². The molecular weight excluding hydrogens is 392 g/mol. The Morgan fingerprint density at radius 3 is 2.59 bits per heavy atom. The first-order valence-electron chi connectivity index (χ1n) is 9.19. The van der Waals surface area contributed by atoms with Gasteiger partial charge in [-0.3, -0.25) is 18.6 Å². The highest BCUT2D eigenvalue weighted by Crippen LogP contribution is 2.19. The number of allylic oxidation sites excluding steroid dienone is 2. The average molecular weight is 413 g/mol. The number of fused-ring (bicyclic) bond motifs is 2. The second kappa shape index (κ2) is 7.04. The van der Waals surface area contributed by atoms with Crippen LogP contribution in [0.4, 0.5) is 0 Å². The van der Waals surface area contributed by atoms with Crippen LogP contribution in [0.1, 0.15) is 19.5 Å². The van der Waals surface area contributed by atoms with Crippen LogP contribution in [-0.4, -0.2) is 28.5 Å². The Morgan fingerprint density at radius 2 is 1.86 bits per heavy atom. The summed E-state index contributed by atoms with van der Waals surface area (Å²) in [5.74, 6) is 0. The zero-order valence-electron chi connectivity index (χ0n) is 16.7. The van der Waals surface area contributed by atoms with E-state index >= 15 is 0 Å². The lowest BCUT2D eigenvalue weighted by Crippen LogP contribution is -2.40. The van der Waals surface area contributed by atoms with Gasteiger partial charge in [-0.25, -0.2) is 4.79 Å². The number of rotatable bonds is 4. The molecule has 4 aromatic rings. The Labute approximate surface area is 171 Å². The molecular formula is C20H21ClN6O2. The van der Waals surface area contributed by atoms with E-state index < -0.39 is 11.2 Å². The van der Waals surface area contributed by atoms with Gasteiger partial charge in [0.05, 0.1) is 17.8 Å². The van der Waals surface area contributed by atoms with Crippen molar-refractivity contribution >= 4 is 33.7 Å². The number of benzene rings is 1. The zero-order chi connectivity index (χ0) is 20.9. The minimum Gasteiger partial charge on any atom is -0.305 e. The number of hydrogen-bond donors (Lipinski definition) is 0. The summed E-state index contributed by atoms with van der Waals surface area (Å²) in [6.45, 7) is 4.40. The van der Waals surface area contributed by atoms with Crippen molar-refractivity contribution in [2.24, 2.45) is 14.1 Å². The van der Waals surface area contributed by atoms with Crippen LogP contribution in [0.2, 0.25) is 5.28 Å². The topological polar surface area (TPSA) is 79.6 Å². The number of hydrogen-bond acceptors (Lipinski definition) is 4. The molecule has 8 nitrogen and oxygen atoms in total. The standard InChI is InChI=1S/C20H21ClN6O2/c1-12(2)9-10-26-16-17(22-19(26)21)24(3)20(29)27(18(16)28)11-14-13-7-5-6-8-15(13)25(4)23-14/h5-9H,10-11H2,1-4H3. The minimum atomic E-state index is -0.458. The molecule has 0 fully saturated rings. The fraction of sp³-hybridized carbons (Fsp3) is 0.300. The van der Waals surface area contributed by atoms with Crippen molar-refractivity contribution in [2.45, 2.75) is 26.9 Å². The van der Waals surface area contributed by atoms with Crippen molar-refractivity contribution in [3.63, 3.8) is 0 Å². The van der Waals surface area contributed by atoms with Gasteiger partial charge in [0.15, 0.2) is 11.2 Å². The third-order valence-corrected chi connectivity index (χ3v) is 5.30. The highest BCUT2D eigenvalue weighted by Gasteiger charge is 2.20. The van der Waals surface area contributed by atoms with Gasteiger partial charge in [-0.1, -0.05) is 29.8 Å². The third-order valence-electron chi connectivity index (χ3n) is 5.01. The van der Waals surface area contributed by atoms with Gasteiger partial charge in [0.25, 0.3) is 5.56 Å². The molecule has 3 aromatic heterocycles. The van der Waals surface area contributed by atoms with Crippen LogP contribution in [0.25, 0.3) is 22.1 Å². The highest BCUT2D eigenvalue weighted by atomic mass is 35.5. The lowest BCUT2D eigenvalue weighted by molar-refractivity contribution is 0.634. The molecule has 0 aliphatic heterocycles. The Morgan fingerprint density at radius 1 is 1.14 bits per heavy atom. The lowest BCUT2D eigenvalue weighted by Gasteiger charge is -2.08. The number of aromatic nitrogens is 6. The quantitative estimate of drug-likeness (QED) is 0.381. The van der Waals surface area contributed by atoms with Crippen LogP contribution in [0.5, 0.6) is 0 Å². The molecule has 0 saturated heterocycles. The molecule has 150 valence electrons. The maximum Gasteiger partial charge on any atom is 0.332 e. The normalized spacial score (nSPS) is 11.5. The summed E-state index contributed by atoms with van der Waals surface area (Å²) in [6, 6.07) is 7.71. The van der Waals surface area contributed by atoms with Gasteiger partial charge in [0, 0.05) is 26.0 Å². The van der Waals surface area contributed by atoms with E-state index in [1.807, 2.05) is 51.2 Å². The predicted octanol–water partition coefficient (Wildman–Crippen LogP) is 2.45. The fourth-order valence-electron chi connectivity index (χ4n) is 3.48. The lowest BCUT2D eigenvalue weighted by atomic mass is 10.2. The maximum absolute atomic E-state index is 13.3. The molecule has 0 saturated carbocycles. The summed E-state index contributed by atoms with van der Waals surface area (Å²) in [6.07, 6.45) is 1.95. The number of halogens is 1. The van der Waals surface area contributed by atoms with E-state index in [0.29, 0.717) is 17.8 Å². The zero-order valence-corrected chi connectivity index (χ0v) is 17.4. The van der Waals surface area contributed by atoms with Crippen molar-refractivity contribution in [1.82, 2.24) is 28.5 Å². The smallest absolute Gasteiger partial charge is 0.305 e. The second-order valence-electron chi connectivity index (χ2n) is 7.27. The summed E-state index contributed by atoms with van der Waals surface area (Å²) in [7, 11) is 3.43. The Balaban J connectivity index is 1.95. The Kier molecular flexibility index (Phi) is 4.66. The molecule has 4 rings (SSSR count). The Bertz CT molecular complexity index is 1400. The molecule has 0 atom stereocenters. The molecule has 0 aliphatic rings. The van der Waals surface area contributed by atoms with Gasteiger partial charge in [-0.2, -0.15) is 10.1 Å². The van der Waals surface area contributed by atoms with Gasteiger partial charge < -0.3 is 4.57 Å². The second-order valence-corrected chi connectivity index (χ2v) is 7.60. The molecule has 9 heteroatoms. The van der Waals surface area contributed by atoms with E-state index in [9.17, 15) is 9.59 Å². The van der Waals surface area contributed by atoms with Gasteiger partial charge >= 0.3 is 5.69 Å². The molecule has 0 bridgehead atoms. The SMILES string of the molecule is CC(C)=CCn1c(Cl)nc2c1c(=O)n(Cc1nn(C)c3ccccc13)c(=O)n2C. The predicted molar refractivity (Wildman–Crippen MR) is 113 cm³/mol. The van der Waals surface area contributed by atoms with Gasteiger partial charge in [0.1, 0.15) is 0 Å². The molecule has 0 spiro atoms. The summed E-state index contributed by atoms with van der Waals surface area (Å²) >= 11 is 6.28. The monoisotopic (exact) mass is 412 g/mol. The molecule has 3 heterocycles. The van der Waals surface area contributed by atoms with Crippen molar-refractivity contribution < 1.29 is 0 Å². The van der Waals surface area contributed by atoms with Crippen LogP contribution < -0.4 is 11.2 Å². The van der Waals surface area contributed by atoms with Crippen LogP contribution in [0, 0.1) is 0 Å². The molecule has 0 aliphatic carbocycles. The van der Waals surface area contributed by atoms with Crippen molar-refractivity contribution in [1.29, 1.82) is 0 Å². The van der Waals surface area contributed by atoms with E-state index in [-0.39, 0.29) is 17.5 Å². The van der Waals surface area contributed by atoms with E-state index in [4.69, 9.17) is 11.6 Å². The number of nitrogens with zero attached hydrogens (tertiary/aromatic N) is 6. The van der Waals surface area contributed by atoms with Crippen LogP contribution in [0.3, 0.4) is 0 Å². The molecule has 29 heavy (non-hydrogen) atoms. The van der Waals surface area contributed by atoms with Crippen molar-refractivity contribution in [3.05, 3.63) is 67.7 Å². The Hall–Kier alpha value is -3.13. The summed E-state index contributed by atoms with van der Waals surface area (Å²) in [5, 5.41) is 5.59. The van der Waals surface area contributed by atoms with E-state index in [0.717, 1.165) is 16.5 Å².